The minimum atomic E-state index is 0.552. The highest BCUT2D eigenvalue weighted by Crippen LogP contribution is 2.27. The summed E-state index contributed by atoms with van der Waals surface area (Å²) in [5.41, 5.74) is 0. The van der Waals surface area contributed by atoms with Crippen molar-refractivity contribution in [3.05, 3.63) is 0 Å². The lowest BCUT2D eigenvalue weighted by Crippen LogP contribution is -2.24. The van der Waals surface area contributed by atoms with Gasteiger partial charge < -0.3 is 5.32 Å². The second-order valence-electron chi connectivity index (χ2n) is 3.80. The standard InChI is InChI=1S/C7H16BN/c1-7(8)4-2-3-5-9-6-7/h9H,2-6,8H2,1H3. The van der Waals surface area contributed by atoms with Crippen molar-refractivity contribution in [1.29, 1.82) is 0 Å². The van der Waals surface area contributed by atoms with E-state index in [9.17, 15) is 0 Å². The van der Waals surface area contributed by atoms with Gasteiger partial charge in [-0.1, -0.05) is 19.8 Å². The number of hydrogen-bond acceptors (Lipinski definition) is 1. The van der Waals surface area contributed by atoms with Crippen LogP contribution in [0.4, 0.5) is 0 Å². The first-order chi connectivity index (χ1) is 4.21. The van der Waals surface area contributed by atoms with E-state index in [0.717, 1.165) is 0 Å². The van der Waals surface area contributed by atoms with Crippen LogP contribution in [0.2, 0.25) is 5.31 Å². The van der Waals surface area contributed by atoms with Gasteiger partial charge in [0.1, 0.15) is 7.85 Å². The summed E-state index contributed by atoms with van der Waals surface area (Å²) >= 11 is 0. The van der Waals surface area contributed by atoms with E-state index in [-0.39, 0.29) is 0 Å². The zero-order chi connectivity index (χ0) is 6.74. The van der Waals surface area contributed by atoms with Crippen molar-refractivity contribution in [3.8, 4) is 0 Å². The third-order valence-corrected chi connectivity index (χ3v) is 2.06. The van der Waals surface area contributed by atoms with Gasteiger partial charge in [0.25, 0.3) is 0 Å². The van der Waals surface area contributed by atoms with Crippen LogP contribution < -0.4 is 5.32 Å². The molecule has 0 amide bonds. The zero-order valence-electron chi connectivity index (χ0n) is 6.54. The molecule has 0 aromatic heterocycles. The summed E-state index contributed by atoms with van der Waals surface area (Å²) in [5.74, 6) is 0. The monoisotopic (exact) mass is 125 g/mol. The van der Waals surface area contributed by atoms with Crippen molar-refractivity contribution < 1.29 is 0 Å². The second kappa shape index (κ2) is 2.74. The first-order valence-corrected chi connectivity index (χ1v) is 3.91. The summed E-state index contributed by atoms with van der Waals surface area (Å²) < 4.78 is 0. The molecule has 0 bridgehead atoms. The maximum atomic E-state index is 3.44. The van der Waals surface area contributed by atoms with E-state index in [1.807, 2.05) is 0 Å². The van der Waals surface area contributed by atoms with E-state index in [4.69, 9.17) is 0 Å². The molecule has 1 atom stereocenters. The van der Waals surface area contributed by atoms with Crippen molar-refractivity contribution in [2.75, 3.05) is 13.1 Å². The molecule has 1 heterocycles. The fraction of sp³-hybridized carbons (Fsp3) is 1.00. The first-order valence-electron chi connectivity index (χ1n) is 3.91. The van der Waals surface area contributed by atoms with Crippen LogP contribution in [0.3, 0.4) is 0 Å². The molecule has 0 aromatic carbocycles. The van der Waals surface area contributed by atoms with E-state index in [1.165, 1.54) is 32.4 Å². The van der Waals surface area contributed by atoms with Crippen molar-refractivity contribution in [2.24, 2.45) is 0 Å². The Morgan fingerprint density at radius 2 is 2.22 bits per heavy atom. The summed E-state index contributed by atoms with van der Waals surface area (Å²) in [4.78, 5) is 0. The molecule has 1 fully saturated rings. The number of hydrogen-bond donors (Lipinski definition) is 1. The van der Waals surface area contributed by atoms with Crippen molar-refractivity contribution >= 4 is 7.85 Å². The lowest BCUT2D eigenvalue weighted by atomic mass is 9.68. The average Bonchev–Trinajstić information content (AvgIpc) is 1.92. The predicted molar refractivity (Wildman–Crippen MR) is 43.6 cm³/mol. The van der Waals surface area contributed by atoms with Crippen molar-refractivity contribution in [3.63, 3.8) is 0 Å². The van der Waals surface area contributed by atoms with E-state index in [2.05, 4.69) is 20.1 Å². The van der Waals surface area contributed by atoms with Crippen LogP contribution in [-0.2, 0) is 0 Å². The van der Waals surface area contributed by atoms with Crippen LogP contribution in [0.15, 0.2) is 0 Å². The van der Waals surface area contributed by atoms with Gasteiger partial charge in [0.15, 0.2) is 0 Å². The molecule has 1 aliphatic rings. The summed E-state index contributed by atoms with van der Waals surface area (Å²) in [6, 6.07) is 0. The summed E-state index contributed by atoms with van der Waals surface area (Å²) in [6.07, 6.45) is 4.16. The van der Waals surface area contributed by atoms with Crippen LogP contribution in [0.5, 0.6) is 0 Å². The Bertz CT molecular complexity index is 80.9. The lowest BCUT2D eigenvalue weighted by molar-refractivity contribution is 0.549. The molecule has 1 N–H and O–H groups in total. The van der Waals surface area contributed by atoms with E-state index >= 15 is 0 Å². The normalized spacial score (nSPS) is 37.9. The van der Waals surface area contributed by atoms with Gasteiger partial charge in [-0.2, -0.15) is 0 Å². The minimum absolute atomic E-state index is 0.552. The molecule has 0 radical (unpaired) electrons. The molecule has 1 unspecified atom stereocenters. The Kier molecular flexibility index (Phi) is 2.17. The Hall–Kier alpha value is 0.0249. The summed E-state index contributed by atoms with van der Waals surface area (Å²) in [6.45, 7) is 4.77. The Morgan fingerprint density at radius 3 is 3.00 bits per heavy atom. The summed E-state index contributed by atoms with van der Waals surface area (Å²) in [5, 5.41) is 3.99. The van der Waals surface area contributed by atoms with Gasteiger partial charge in [-0.15, -0.1) is 0 Å². The SMILES string of the molecule is BC1(C)CCCCNC1. The Labute approximate surface area is 58.6 Å². The molecular weight excluding hydrogens is 109 g/mol. The third-order valence-electron chi connectivity index (χ3n) is 2.06. The van der Waals surface area contributed by atoms with Gasteiger partial charge in [0.05, 0.1) is 0 Å². The van der Waals surface area contributed by atoms with Crippen LogP contribution in [0, 0.1) is 0 Å². The largest absolute Gasteiger partial charge is 0.317 e. The Morgan fingerprint density at radius 1 is 1.44 bits per heavy atom. The van der Waals surface area contributed by atoms with Crippen molar-refractivity contribution in [1.82, 2.24) is 5.32 Å². The molecule has 0 aromatic rings. The molecule has 0 aliphatic carbocycles. The van der Waals surface area contributed by atoms with Crippen LogP contribution in [-0.4, -0.2) is 20.9 Å². The molecule has 2 heteroatoms. The third kappa shape index (κ3) is 2.40. The highest BCUT2D eigenvalue weighted by atomic mass is 14.9. The van der Waals surface area contributed by atoms with Gasteiger partial charge in [0.2, 0.25) is 0 Å². The van der Waals surface area contributed by atoms with Gasteiger partial charge in [-0.3, -0.25) is 0 Å². The van der Waals surface area contributed by atoms with Crippen LogP contribution in [0.1, 0.15) is 26.2 Å². The molecule has 9 heavy (non-hydrogen) atoms. The van der Waals surface area contributed by atoms with Gasteiger partial charge in [-0.25, -0.2) is 0 Å². The maximum absolute atomic E-state index is 3.44. The number of nitrogens with one attached hydrogen (secondary N) is 1. The zero-order valence-corrected chi connectivity index (χ0v) is 6.54. The quantitative estimate of drug-likeness (QED) is 0.466. The fourth-order valence-electron chi connectivity index (χ4n) is 1.37. The smallest absolute Gasteiger partial charge is 0.110 e. The van der Waals surface area contributed by atoms with Crippen LogP contribution in [0.25, 0.3) is 0 Å². The molecule has 1 rings (SSSR count). The molecule has 1 aliphatic heterocycles. The van der Waals surface area contributed by atoms with Gasteiger partial charge >= 0.3 is 0 Å². The van der Waals surface area contributed by atoms with Crippen molar-refractivity contribution in [2.45, 2.75) is 31.5 Å². The highest BCUT2D eigenvalue weighted by molar-refractivity contribution is 6.15. The molecule has 1 saturated heterocycles. The van der Waals surface area contributed by atoms with E-state index < -0.39 is 0 Å². The maximum Gasteiger partial charge on any atom is 0.110 e. The van der Waals surface area contributed by atoms with E-state index in [1.54, 1.807) is 0 Å². The van der Waals surface area contributed by atoms with Gasteiger partial charge in [-0.05, 0) is 24.8 Å². The summed E-state index contributed by atoms with van der Waals surface area (Å²) in [7, 11) is 2.34. The average molecular weight is 125 g/mol. The molecule has 1 nitrogen and oxygen atoms in total. The molecule has 0 saturated carbocycles. The lowest BCUT2D eigenvalue weighted by Gasteiger charge is -2.21. The van der Waals surface area contributed by atoms with E-state index in [0.29, 0.717) is 5.31 Å². The second-order valence-corrected chi connectivity index (χ2v) is 3.80. The first kappa shape index (κ1) is 7.14. The Balaban J connectivity index is 2.36. The molecule has 0 spiro atoms. The molecular formula is C7H16BN. The molecule has 52 valence electrons. The minimum Gasteiger partial charge on any atom is -0.317 e. The van der Waals surface area contributed by atoms with Crippen LogP contribution >= 0.6 is 0 Å². The van der Waals surface area contributed by atoms with Gasteiger partial charge in [0, 0.05) is 0 Å². The fourth-order valence-corrected chi connectivity index (χ4v) is 1.37. The highest BCUT2D eigenvalue weighted by Gasteiger charge is 2.18. The number of rotatable bonds is 0. The predicted octanol–water partition coefficient (Wildman–Crippen LogP) is 0.572. The topological polar surface area (TPSA) is 12.0 Å².